The number of amides is 2. The highest BCUT2D eigenvalue weighted by Gasteiger charge is 2.33. The number of hydrogen-bond acceptors (Lipinski definition) is 6. The topological polar surface area (TPSA) is 134 Å². The molecule has 310 valence electrons. The number of carbonyl (C=O) groups is 2. The number of rotatable bonds is 6. The smallest absolute Gasteiger partial charge is 0.408 e. The number of nitrogens with zero attached hydrogens (tertiary/aromatic N) is 2. The Morgan fingerprint density at radius 2 is 0.883 bits per heavy atom. The molecule has 2 atom stereocenters. The van der Waals surface area contributed by atoms with Crippen LogP contribution in [0, 0.1) is 34.5 Å². The molecule has 0 bridgehead atoms. The lowest BCUT2D eigenvalue weighted by Gasteiger charge is -2.31. The number of benzene rings is 4. The maximum Gasteiger partial charge on any atom is 0.408 e. The zero-order chi connectivity index (χ0) is 43.6. The van der Waals surface area contributed by atoms with Crippen molar-refractivity contribution < 1.29 is 19.1 Å². The largest absolute Gasteiger partial charge is 0.444 e. The predicted molar refractivity (Wildman–Crippen MR) is 240 cm³/mol. The average molecular weight is 805 g/mol. The number of fused-ring (bicyclic) bond motifs is 2. The summed E-state index contributed by atoms with van der Waals surface area (Å²) in [5, 5.41) is 10.2. The van der Waals surface area contributed by atoms with Gasteiger partial charge in [-0.05, 0) is 122 Å². The number of imidazole rings is 2. The number of H-pyrrole nitrogens is 2. The minimum atomic E-state index is -0.602. The summed E-state index contributed by atoms with van der Waals surface area (Å²) < 4.78 is 11.0. The lowest BCUT2D eigenvalue weighted by molar-refractivity contribution is 0.0448. The maximum absolute atomic E-state index is 12.6. The molecule has 4 aromatic carbocycles. The lowest BCUT2D eigenvalue weighted by atomic mass is 9.86. The highest BCUT2D eigenvalue weighted by atomic mass is 16.6. The average Bonchev–Trinajstić information content (AvgIpc) is 3.83. The fourth-order valence-electron chi connectivity index (χ4n) is 6.69. The molecular formula is C50H56N6O4. The van der Waals surface area contributed by atoms with Crippen LogP contribution in [0.15, 0.2) is 85.2 Å². The van der Waals surface area contributed by atoms with Gasteiger partial charge in [0.2, 0.25) is 0 Å². The van der Waals surface area contributed by atoms with Crippen molar-refractivity contribution in [1.82, 2.24) is 30.6 Å². The second kappa shape index (κ2) is 16.6. The molecule has 6 aromatic rings. The molecule has 10 nitrogen and oxygen atoms in total. The molecular weight excluding hydrogens is 749 g/mol. The number of carbonyl (C=O) groups excluding carboxylic acids is 2. The number of aromatic nitrogens is 4. The Bertz CT molecular complexity index is 2490. The van der Waals surface area contributed by atoms with Gasteiger partial charge in [0.25, 0.3) is 0 Å². The Balaban J connectivity index is 1.12. The minimum Gasteiger partial charge on any atom is -0.444 e. The molecule has 0 saturated carbocycles. The van der Waals surface area contributed by atoms with Crippen molar-refractivity contribution in [3.8, 4) is 46.2 Å². The van der Waals surface area contributed by atoms with Crippen LogP contribution in [0.4, 0.5) is 9.59 Å². The standard InChI is InChI=1S/C50H56N6O4/c1-47(2,3)41(55-45(57)59-49(7,8)9)43-51-29-39(53-43)37-23-21-33-25-31(17-19-35(33)27-37)15-13-14-16-32-18-20-36-28-38(24-22-34(36)26-32)40-30-52-44(54-40)42(48(4,5)6)56-46(58)60-50(10,11)12/h17-30,41-42H,1-12H3,(H,51,53)(H,52,54)(H,55,57)(H,56,58). The van der Waals surface area contributed by atoms with Crippen molar-refractivity contribution in [2.24, 2.45) is 10.8 Å². The van der Waals surface area contributed by atoms with Gasteiger partial charge in [-0.15, -0.1) is 0 Å². The van der Waals surface area contributed by atoms with Gasteiger partial charge < -0.3 is 30.1 Å². The molecule has 2 unspecified atom stereocenters. The molecule has 4 N–H and O–H groups in total. The van der Waals surface area contributed by atoms with E-state index in [0.29, 0.717) is 11.6 Å². The van der Waals surface area contributed by atoms with Crippen LogP contribution in [-0.2, 0) is 9.47 Å². The Labute approximate surface area is 353 Å². The summed E-state index contributed by atoms with van der Waals surface area (Å²) in [6, 6.07) is 23.9. The second-order valence-corrected chi connectivity index (χ2v) is 19.3. The van der Waals surface area contributed by atoms with Gasteiger partial charge in [0.1, 0.15) is 22.9 Å². The number of hydrogen-bond donors (Lipinski definition) is 4. The molecule has 2 amide bonds. The van der Waals surface area contributed by atoms with Crippen LogP contribution in [0.2, 0.25) is 0 Å². The van der Waals surface area contributed by atoms with Crippen LogP contribution < -0.4 is 10.6 Å². The van der Waals surface area contributed by atoms with Crippen LogP contribution in [0.1, 0.15) is 118 Å². The van der Waals surface area contributed by atoms with Crippen LogP contribution in [-0.4, -0.2) is 43.3 Å². The Morgan fingerprint density at radius 3 is 1.23 bits per heavy atom. The van der Waals surface area contributed by atoms with Gasteiger partial charge in [-0.25, -0.2) is 19.6 Å². The number of nitrogens with one attached hydrogen (secondary N) is 4. The summed E-state index contributed by atoms with van der Waals surface area (Å²) in [7, 11) is 0. The molecule has 0 aliphatic rings. The van der Waals surface area contributed by atoms with Crippen molar-refractivity contribution in [2.75, 3.05) is 0 Å². The van der Waals surface area contributed by atoms with Gasteiger partial charge in [0.15, 0.2) is 0 Å². The molecule has 6 rings (SSSR count). The van der Waals surface area contributed by atoms with E-state index in [-0.39, 0.29) is 22.9 Å². The Kier molecular flexibility index (Phi) is 11.9. The second-order valence-electron chi connectivity index (χ2n) is 19.3. The van der Waals surface area contributed by atoms with Gasteiger partial charge in [0.05, 0.1) is 35.9 Å². The van der Waals surface area contributed by atoms with Crippen molar-refractivity contribution in [1.29, 1.82) is 0 Å². The SMILES string of the molecule is CC(C)(C)OC(=O)NC(c1ncc(-c2ccc3cc(C#CC#Cc4ccc5cc(-c6cnc(C(NC(=O)OC(C)(C)C)C(C)(C)C)[nH]6)ccc5c4)ccc3c2)[nH]1)C(C)(C)C. The van der Waals surface area contributed by atoms with Crippen LogP contribution in [0.5, 0.6) is 0 Å². The van der Waals surface area contributed by atoms with E-state index >= 15 is 0 Å². The third kappa shape index (κ3) is 11.1. The first-order valence-electron chi connectivity index (χ1n) is 20.2. The van der Waals surface area contributed by atoms with Crippen LogP contribution >= 0.6 is 0 Å². The first-order chi connectivity index (χ1) is 28.0. The van der Waals surface area contributed by atoms with E-state index in [1.165, 1.54) is 0 Å². The Morgan fingerprint density at radius 1 is 0.533 bits per heavy atom. The van der Waals surface area contributed by atoms with E-state index in [2.05, 4.69) is 144 Å². The normalized spacial score (nSPS) is 13.1. The van der Waals surface area contributed by atoms with E-state index in [1.54, 1.807) is 12.4 Å². The predicted octanol–water partition coefficient (Wildman–Crippen LogP) is 11.4. The molecule has 0 aliphatic carbocycles. The molecule has 0 aliphatic heterocycles. The Hall–Kier alpha value is -6.52. The molecule has 0 saturated heterocycles. The van der Waals surface area contributed by atoms with Crippen molar-refractivity contribution >= 4 is 33.7 Å². The molecule has 2 heterocycles. The highest BCUT2D eigenvalue weighted by Crippen LogP contribution is 2.35. The summed E-state index contributed by atoms with van der Waals surface area (Å²) in [5.41, 5.74) is 3.59. The summed E-state index contributed by atoms with van der Waals surface area (Å²) in [6.07, 6.45) is 2.63. The summed E-state index contributed by atoms with van der Waals surface area (Å²) in [5.74, 6) is 13.7. The van der Waals surface area contributed by atoms with Gasteiger partial charge in [-0.2, -0.15) is 0 Å². The molecule has 0 spiro atoms. The number of alkyl carbamates (subject to hydrolysis) is 2. The molecule has 0 fully saturated rings. The molecule has 60 heavy (non-hydrogen) atoms. The van der Waals surface area contributed by atoms with Crippen molar-refractivity contribution in [3.63, 3.8) is 0 Å². The minimum absolute atomic E-state index is 0.311. The van der Waals surface area contributed by atoms with Crippen LogP contribution in [0.25, 0.3) is 44.1 Å². The summed E-state index contributed by atoms with van der Waals surface area (Å²) in [4.78, 5) is 41.4. The van der Waals surface area contributed by atoms with E-state index in [1.807, 2.05) is 65.8 Å². The molecule has 10 heteroatoms. The van der Waals surface area contributed by atoms with E-state index in [4.69, 9.17) is 9.47 Å². The van der Waals surface area contributed by atoms with Crippen molar-refractivity contribution in [3.05, 3.63) is 108 Å². The van der Waals surface area contributed by atoms with E-state index < -0.39 is 23.4 Å². The highest BCUT2D eigenvalue weighted by molar-refractivity contribution is 5.89. The molecule has 2 aromatic heterocycles. The van der Waals surface area contributed by atoms with E-state index in [0.717, 1.165) is 55.2 Å². The van der Waals surface area contributed by atoms with Crippen molar-refractivity contribution in [2.45, 2.75) is 106 Å². The summed E-state index contributed by atoms with van der Waals surface area (Å²) >= 11 is 0. The molecule has 0 radical (unpaired) electrons. The monoisotopic (exact) mass is 804 g/mol. The fourth-order valence-corrected chi connectivity index (χ4v) is 6.69. The number of aromatic amines is 2. The van der Waals surface area contributed by atoms with Gasteiger partial charge >= 0.3 is 12.2 Å². The van der Waals surface area contributed by atoms with Gasteiger partial charge in [-0.1, -0.05) is 89.8 Å². The lowest BCUT2D eigenvalue weighted by Crippen LogP contribution is -2.40. The third-order valence-electron chi connectivity index (χ3n) is 9.57. The third-order valence-corrected chi connectivity index (χ3v) is 9.57. The zero-order valence-electron chi connectivity index (χ0n) is 36.8. The van der Waals surface area contributed by atoms with Gasteiger partial charge in [0, 0.05) is 22.3 Å². The first kappa shape index (κ1) is 43.1. The first-order valence-corrected chi connectivity index (χ1v) is 20.2. The quantitative estimate of drug-likeness (QED) is 0.124. The summed E-state index contributed by atoms with van der Waals surface area (Å²) in [6.45, 7) is 23.4. The van der Waals surface area contributed by atoms with Gasteiger partial charge in [-0.3, -0.25) is 0 Å². The van der Waals surface area contributed by atoms with E-state index in [9.17, 15) is 9.59 Å². The fraction of sp³-hybridized carbons (Fsp3) is 0.360. The zero-order valence-corrected chi connectivity index (χ0v) is 36.8. The number of ether oxygens (including phenoxy) is 2. The maximum atomic E-state index is 12.6. The van der Waals surface area contributed by atoms with Crippen LogP contribution in [0.3, 0.4) is 0 Å².